The number of carbonyl (C=O) groups excluding carboxylic acids is 1. The largest absolute Gasteiger partial charge is 0.411 e. The fourth-order valence-electron chi connectivity index (χ4n) is 2.25. The van der Waals surface area contributed by atoms with Gasteiger partial charge in [0.15, 0.2) is 0 Å². The Morgan fingerprint density at radius 2 is 2.00 bits per heavy atom. The molecule has 2 rings (SSSR count). The van der Waals surface area contributed by atoms with E-state index in [9.17, 15) is 13.2 Å². The first-order valence-electron chi connectivity index (χ1n) is 8.19. The summed E-state index contributed by atoms with van der Waals surface area (Å²) >= 11 is 1.32. The predicted octanol–water partition coefficient (Wildman–Crippen LogP) is 2.00. The molecule has 0 atom stereocenters. The van der Waals surface area contributed by atoms with Crippen LogP contribution in [0.3, 0.4) is 0 Å². The van der Waals surface area contributed by atoms with Crippen molar-refractivity contribution in [2.45, 2.75) is 30.9 Å². The standard InChI is InChI=1S/C16H22N4O4S2/c1-4-20(5-2)26(22,23)14-8-6-7-13(11-14)15-18-19-16(24-15)25-10-9-17-12(3)21/h6-8,11H,4-5,9-10H2,1-3H3,(H,17,21). The number of amides is 1. The van der Waals surface area contributed by atoms with Gasteiger partial charge in [-0.1, -0.05) is 31.7 Å². The van der Waals surface area contributed by atoms with Crippen LogP contribution in [-0.2, 0) is 14.8 Å². The summed E-state index contributed by atoms with van der Waals surface area (Å²) in [7, 11) is -3.55. The third-order valence-electron chi connectivity index (χ3n) is 3.53. The molecule has 0 saturated carbocycles. The van der Waals surface area contributed by atoms with E-state index in [2.05, 4.69) is 15.5 Å². The highest BCUT2D eigenvalue weighted by Crippen LogP contribution is 2.26. The van der Waals surface area contributed by atoms with Gasteiger partial charge in [-0.3, -0.25) is 4.79 Å². The molecule has 0 aliphatic carbocycles. The number of hydrogen-bond acceptors (Lipinski definition) is 7. The average molecular weight is 399 g/mol. The first kappa shape index (κ1) is 20.4. The van der Waals surface area contributed by atoms with Crippen molar-refractivity contribution in [3.05, 3.63) is 24.3 Å². The Balaban J connectivity index is 2.14. The van der Waals surface area contributed by atoms with Crippen molar-refractivity contribution < 1.29 is 17.6 Å². The number of aromatic nitrogens is 2. The van der Waals surface area contributed by atoms with Gasteiger partial charge < -0.3 is 9.73 Å². The van der Waals surface area contributed by atoms with Crippen molar-refractivity contribution in [3.63, 3.8) is 0 Å². The van der Waals surface area contributed by atoms with Crippen LogP contribution in [0.1, 0.15) is 20.8 Å². The second kappa shape index (κ2) is 9.15. The Hall–Kier alpha value is -1.91. The van der Waals surface area contributed by atoms with Crippen LogP contribution in [0.5, 0.6) is 0 Å². The van der Waals surface area contributed by atoms with E-state index in [0.29, 0.717) is 36.2 Å². The zero-order chi connectivity index (χ0) is 19.2. The number of sulfonamides is 1. The zero-order valence-corrected chi connectivity index (χ0v) is 16.6. The molecule has 1 aromatic carbocycles. The third-order valence-corrected chi connectivity index (χ3v) is 6.40. The van der Waals surface area contributed by atoms with E-state index in [0.717, 1.165) is 0 Å². The minimum absolute atomic E-state index is 0.0944. The lowest BCUT2D eigenvalue weighted by molar-refractivity contribution is -0.118. The van der Waals surface area contributed by atoms with E-state index in [1.807, 2.05) is 0 Å². The molecule has 2 aromatic rings. The molecule has 0 fully saturated rings. The number of benzene rings is 1. The van der Waals surface area contributed by atoms with Crippen LogP contribution in [0.15, 0.2) is 38.8 Å². The molecule has 0 radical (unpaired) electrons. The Bertz CT molecular complexity index is 847. The molecular weight excluding hydrogens is 376 g/mol. The van der Waals surface area contributed by atoms with Crippen molar-refractivity contribution in [1.82, 2.24) is 19.8 Å². The first-order chi connectivity index (χ1) is 12.4. The summed E-state index contributed by atoms with van der Waals surface area (Å²) in [6, 6.07) is 6.46. The van der Waals surface area contributed by atoms with Crippen LogP contribution in [0.4, 0.5) is 0 Å². The van der Waals surface area contributed by atoms with Gasteiger partial charge in [0.25, 0.3) is 5.22 Å². The fourth-order valence-corrected chi connectivity index (χ4v) is 4.37. The van der Waals surface area contributed by atoms with E-state index in [1.165, 1.54) is 29.1 Å². The molecule has 0 saturated heterocycles. The molecule has 1 amide bonds. The summed E-state index contributed by atoms with van der Waals surface area (Å²) < 4.78 is 32.2. The maximum absolute atomic E-state index is 12.6. The second-order valence-electron chi connectivity index (χ2n) is 5.32. The maximum atomic E-state index is 12.6. The van der Waals surface area contributed by atoms with Gasteiger partial charge in [-0.2, -0.15) is 4.31 Å². The van der Waals surface area contributed by atoms with Gasteiger partial charge in [-0.05, 0) is 18.2 Å². The van der Waals surface area contributed by atoms with Crippen LogP contribution in [0, 0.1) is 0 Å². The predicted molar refractivity (Wildman–Crippen MR) is 99.2 cm³/mol. The Morgan fingerprint density at radius 3 is 2.65 bits per heavy atom. The summed E-state index contributed by atoms with van der Waals surface area (Å²) in [6.07, 6.45) is 0. The van der Waals surface area contributed by atoms with Gasteiger partial charge in [0, 0.05) is 37.9 Å². The van der Waals surface area contributed by atoms with E-state index < -0.39 is 10.0 Å². The molecule has 0 spiro atoms. The van der Waals surface area contributed by atoms with E-state index in [1.54, 1.807) is 32.0 Å². The molecule has 1 heterocycles. The lowest BCUT2D eigenvalue weighted by Gasteiger charge is -2.18. The van der Waals surface area contributed by atoms with Crippen molar-refractivity contribution in [1.29, 1.82) is 0 Å². The number of nitrogens with zero attached hydrogens (tertiary/aromatic N) is 3. The van der Waals surface area contributed by atoms with Crippen LogP contribution < -0.4 is 5.32 Å². The fraction of sp³-hybridized carbons (Fsp3) is 0.438. The summed E-state index contributed by atoms with van der Waals surface area (Å²) in [4.78, 5) is 11.0. The molecule has 0 aliphatic heterocycles. The zero-order valence-electron chi connectivity index (χ0n) is 14.9. The first-order valence-corrected chi connectivity index (χ1v) is 10.6. The highest BCUT2D eigenvalue weighted by Gasteiger charge is 2.22. The Kier molecular flexibility index (Phi) is 7.18. The van der Waals surface area contributed by atoms with Gasteiger partial charge in [0.2, 0.25) is 21.8 Å². The SMILES string of the molecule is CCN(CC)S(=O)(=O)c1cccc(-c2nnc(SCCNC(C)=O)o2)c1. The monoisotopic (exact) mass is 398 g/mol. The molecule has 0 bridgehead atoms. The Labute approximate surface area is 157 Å². The molecule has 0 aliphatic rings. The lowest BCUT2D eigenvalue weighted by atomic mass is 10.2. The molecule has 1 N–H and O–H groups in total. The minimum Gasteiger partial charge on any atom is -0.411 e. The number of nitrogens with one attached hydrogen (secondary N) is 1. The highest BCUT2D eigenvalue weighted by molar-refractivity contribution is 7.99. The Morgan fingerprint density at radius 1 is 1.27 bits per heavy atom. The van der Waals surface area contributed by atoms with Crippen molar-refractivity contribution in [2.24, 2.45) is 0 Å². The van der Waals surface area contributed by atoms with Gasteiger partial charge in [-0.25, -0.2) is 8.42 Å². The maximum Gasteiger partial charge on any atom is 0.276 e. The molecule has 8 nitrogen and oxygen atoms in total. The second-order valence-corrected chi connectivity index (χ2v) is 8.31. The van der Waals surface area contributed by atoms with Gasteiger partial charge in [0.1, 0.15) is 0 Å². The van der Waals surface area contributed by atoms with Gasteiger partial charge >= 0.3 is 0 Å². The average Bonchev–Trinajstić information content (AvgIpc) is 3.08. The molecule has 26 heavy (non-hydrogen) atoms. The number of thioether (sulfide) groups is 1. The number of rotatable bonds is 9. The topological polar surface area (TPSA) is 105 Å². The van der Waals surface area contributed by atoms with Crippen LogP contribution in [-0.4, -0.2) is 54.2 Å². The molecule has 1 aromatic heterocycles. The van der Waals surface area contributed by atoms with Crippen LogP contribution in [0.25, 0.3) is 11.5 Å². The quantitative estimate of drug-likeness (QED) is 0.509. The summed E-state index contributed by atoms with van der Waals surface area (Å²) in [6.45, 7) is 6.35. The molecular formula is C16H22N4O4S2. The van der Waals surface area contributed by atoms with E-state index >= 15 is 0 Å². The van der Waals surface area contributed by atoms with Crippen molar-refractivity contribution >= 4 is 27.7 Å². The van der Waals surface area contributed by atoms with Crippen molar-refractivity contribution in [3.8, 4) is 11.5 Å². The highest BCUT2D eigenvalue weighted by atomic mass is 32.2. The number of hydrogen-bond donors (Lipinski definition) is 1. The molecule has 142 valence electrons. The smallest absolute Gasteiger partial charge is 0.276 e. The van der Waals surface area contributed by atoms with Crippen LogP contribution in [0.2, 0.25) is 0 Å². The van der Waals surface area contributed by atoms with E-state index in [-0.39, 0.29) is 16.7 Å². The molecule has 0 unspecified atom stereocenters. The minimum atomic E-state index is -3.55. The normalized spacial score (nSPS) is 11.7. The summed E-state index contributed by atoms with van der Waals surface area (Å²) in [5.74, 6) is 0.754. The van der Waals surface area contributed by atoms with Gasteiger partial charge in [-0.15, -0.1) is 10.2 Å². The van der Waals surface area contributed by atoms with Crippen LogP contribution >= 0.6 is 11.8 Å². The number of carbonyl (C=O) groups is 1. The summed E-state index contributed by atoms with van der Waals surface area (Å²) in [5, 5.41) is 11.0. The van der Waals surface area contributed by atoms with Crippen molar-refractivity contribution in [2.75, 3.05) is 25.4 Å². The third kappa shape index (κ3) is 5.05. The lowest BCUT2D eigenvalue weighted by Crippen LogP contribution is -2.30. The van der Waals surface area contributed by atoms with Gasteiger partial charge in [0.05, 0.1) is 4.90 Å². The molecule has 10 heteroatoms. The van der Waals surface area contributed by atoms with E-state index in [4.69, 9.17) is 4.42 Å². The summed E-state index contributed by atoms with van der Waals surface area (Å²) in [5.41, 5.74) is 0.541.